The van der Waals surface area contributed by atoms with E-state index in [2.05, 4.69) is 11.4 Å². The Balaban J connectivity index is 1.79. The van der Waals surface area contributed by atoms with Gasteiger partial charge in [-0.1, -0.05) is 6.07 Å². The van der Waals surface area contributed by atoms with Gasteiger partial charge in [0.15, 0.2) is 0 Å². The molecule has 0 unspecified atom stereocenters. The number of amides is 1. The minimum atomic E-state index is -0.0559. The smallest absolute Gasteiger partial charge is 0.238 e. The zero-order valence-electron chi connectivity index (χ0n) is 12.3. The highest BCUT2D eigenvalue weighted by molar-refractivity contribution is 5.92. The van der Waals surface area contributed by atoms with Crippen LogP contribution in [-0.4, -0.2) is 44.2 Å². The van der Waals surface area contributed by atoms with Gasteiger partial charge in [0.1, 0.15) is 0 Å². The van der Waals surface area contributed by atoms with Gasteiger partial charge >= 0.3 is 0 Å². The molecule has 1 amide bonds. The summed E-state index contributed by atoms with van der Waals surface area (Å²) >= 11 is 0. The van der Waals surface area contributed by atoms with Crippen molar-refractivity contribution in [1.82, 2.24) is 4.90 Å². The lowest BCUT2D eigenvalue weighted by Crippen LogP contribution is -2.35. The van der Waals surface area contributed by atoms with Gasteiger partial charge in [-0.15, -0.1) is 0 Å². The predicted molar refractivity (Wildman–Crippen MR) is 80.8 cm³/mol. The zero-order valence-corrected chi connectivity index (χ0v) is 12.3. The molecule has 1 saturated heterocycles. The van der Waals surface area contributed by atoms with E-state index in [0.717, 1.165) is 32.6 Å². The summed E-state index contributed by atoms with van der Waals surface area (Å²) in [7, 11) is 1.96. The number of anilines is 1. The Bertz CT molecular complexity index is 518. The number of benzene rings is 1. The number of nitrogens with zero attached hydrogens (tertiary/aromatic N) is 2. The number of carbonyl (C=O) groups is 1. The highest BCUT2D eigenvalue weighted by Gasteiger charge is 2.17. The molecule has 0 radical (unpaired) electrons. The van der Waals surface area contributed by atoms with E-state index in [4.69, 9.17) is 10.00 Å². The topological polar surface area (TPSA) is 65.4 Å². The van der Waals surface area contributed by atoms with Gasteiger partial charge in [0, 0.05) is 25.4 Å². The van der Waals surface area contributed by atoms with Crippen LogP contribution in [0.15, 0.2) is 24.3 Å². The molecule has 5 heteroatoms. The molecule has 21 heavy (non-hydrogen) atoms. The second kappa shape index (κ2) is 7.77. The molecular formula is C16H21N3O2. The highest BCUT2D eigenvalue weighted by Crippen LogP contribution is 2.15. The molecule has 1 aromatic rings. The van der Waals surface area contributed by atoms with Crippen molar-refractivity contribution in [3.05, 3.63) is 29.8 Å². The molecule has 2 rings (SSSR count). The van der Waals surface area contributed by atoms with Crippen molar-refractivity contribution >= 4 is 11.6 Å². The number of rotatable bonds is 5. The van der Waals surface area contributed by atoms with Crippen molar-refractivity contribution in [3.8, 4) is 6.07 Å². The quantitative estimate of drug-likeness (QED) is 0.897. The summed E-state index contributed by atoms with van der Waals surface area (Å²) in [5, 5.41) is 11.7. The third kappa shape index (κ3) is 5.18. The molecule has 1 N–H and O–H groups in total. The van der Waals surface area contributed by atoms with Crippen LogP contribution in [-0.2, 0) is 9.53 Å². The third-order valence-corrected chi connectivity index (χ3v) is 3.60. The highest BCUT2D eigenvalue weighted by atomic mass is 16.5. The monoisotopic (exact) mass is 287 g/mol. The maximum Gasteiger partial charge on any atom is 0.238 e. The first-order valence-corrected chi connectivity index (χ1v) is 7.23. The van der Waals surface area contributed by atoms with Crippen molar-refractivity contribution in [2.24, 2.45) is 5.92 Å². The van der Waals surface area contributed by atoms with Gasteiger partial charge < -0.3 is 10.1 Å². The number of ether oxygens (including phenoxy) is 1. The molecule has 0 aromatic heterocycles. The van der Waals surface area contributed by atoms with Crippen LogP contribution in [0, 0.1) is 17.2 Å². The third-order valence-electron chi connectivity index (χ3n) is 3.60. The van der Waals surface area contributed by atoms with Gasteiger partial charge in [0.05, 0.1) is 18.2 Å². The maximum absolute atomic E-state index is 12.0. The van der Waals surface area contributed by atoms with Crippen molar-refractivity contribution < 1.29 is 9.53 Å². The lowest BCUT2D eigenvalue weighted by atomic mass is 10.00. The van der Waals surface area contributed by atoms with Gasteiger partial charge in [0.25, 0.3) is 0 Å². The lowest BCUT2D eigenvalue weighted by molar-refractivity contribution is -0.117. The van der Waals surface area contributed by atoms with Gasteiger partial charge in [-0.3, -0.25) is 9.69 Å². The number of likely N-dealkylation sites (N-methyl/N-ethyl adjacent to an activating group) is 1. The van der Waals surface area contributed by atoms with Crippen LogP contribution in [0.3, 0.4) is 0 Å². The first kappa shape index (κ1) is 15.5. The summed E-state index contributed by atoms with van der Waals surface area (Å²) < 4.78 is 5.34. The average Bonchev–Trinajstić information content (AvgIpc) is 2.48. The number of hydrogen-bond acceptors (Lipinski definition) is 4. The van der Waals surface area contributed by atoms with Crippen LogP contribution in [0.5, 0.6) is 0 Å². The summed E-state index contributed by atoms with van der Waals surface area (Å²) in [5.74, 6) is 0.554. The Morgan fingerprint density at radius 1 is 1.48 bits per heavy atom. The van der Waals surface area contributed by atoms with Crippen LogP contribution in [0.2, 0.25) is 0 Å². The van der Waals surface area contributed by atoms with Crippen molar-refractivity contribution in [2.45, 2.75) is 12.8 Å². The Kier molecular flexibility index (Phi) is 5.73. The molecule has 5 nitrogen and oxygen atoms in total. The second-order valence-electron chi connectivity index (χ2n) is 5.49. The van der Waals surface area contributed by atoms with Crippen LogP contribution < -0.4 is 5.32 Å². The number of carbonyl (C=O) groups excluding carboxylic acids is 1. The van der Waals surface area contributed by atoms with Crippen molar-refractivity contribution in [1.29, 1.82) is 5.26 Å². The fraction of sp³-hybridized carbons (Fsp3) is 0.500. The molecule has 0 aliphatic carbocycles. The summed E-state index contributed by atoms with van der Waals surface area (Å²) in [6, 6.07) is 9.01. The molecule has 112 valence electrons. The van der Waals surface area contributed by atoms with Crippen LogP contribution in [0.4, 0.5) is 5.69 Å². The second-order valence-corrected chi connectivity index (χ2v) is 5.49. The standard InChI is InChI=1S/C16H21N3O2/c1-19(11-13-5-7-21-8-6-13)12-16(20)18-15-4-2-3-14(9-15)10-17/h2-4,9,13H,5-8,11-12H2,1H3,(H,18,20). The van der Waals surface area contributed by atoms with E-state index in [9.17, 15) is 4.79 Å². The first-order valence-electron chi connectivity index (χ1n) is 7.23. The normalized spacial score (nSPS) is 15.7. The molecule has 1 aliphatic heterocycles. The van der Waals surface area contributed by atoms with Gasteiger partial charge in [-0.25, -0.2) is 0 Å². The maximum atomic E-state index is 12.0. The minimum absolute atomic E-state index is 0.0559. The van der Waals surface area contributed by atoms with Crippen molar-refractivity contribution in [2.75, 3.05) is 38.7 Å². The molecule has 0 spiro atoms. The number of hydrogen-bond donors (Lipinski definition) is 1. The van der Waals surface area contributed by atoms with Crippen LogP contribution >= 0.6 is 0 Å². The summed E-state index contributed by atoms with van der Waals surface area (Å²) in [4.78, 5) is 14.0. The number of nitrogens with one attached hydrogen (secondary N) is 1. The van der Waals surface area contributed by atoms with E-state index in [0.29, 0.717) is 23.7 Å². The van der Waals surface area contributed by atoms with Crippen LogP contribution in [0.25, 0.3) is 0 Å². The van der Waals surface area contributed by atoms with Crippen LogP contribution in [0.1, 0.15) is 18.4 Å². The van der Waals surface area contributed by atoms with Gasteiger partial charge in [0.2, 0.25) is 5.91 Å². The van der Waals surface area contributed by atoms with E-state index < -0.39 is 0 Å². The molecule has 0 bridgehead atoms. The average molecular weight is 287 g/mol. The number of nitriles is 1. The molecule has 0 atom stereocenters. The SMILES string of the molecule is CN(CC(=O)Nc1cccc(C#N)c1)CC1CCOCC1. The van der Waals surface area contributed by atoms with E-state index in [-0.39, 0.29) is 5.91 Å². The summed E-state index contributed by atoms with van der Waals surface area (Å²) in [5.41, 5.74) is 1.21. The van der Waals surface area contributed by atoms with E-state index in [1.807, 2.05) is 11.9 Å². The summed E-state index contributed by atoms with van der Waals surface area (Å²) in [6.07, 6.45) is 2.13. The van der Waals surface area contributed by atoms with E-state index in [1.165, 1.54) is 0 Å². The molecule has 1 heterocycles. The largest absolute Gasteiger partial charge is 0.381 e. The first-order chi connectivity index (χ1) is 10.2. The Hall–Kier alpha value is -1.90. The Morgan fingerprint density at radius 2 is 2.24 bits per heavy atom. The zero-order chi connectivity index (χ0) is 15.1. The lowest BCUT2D eigenvalue weighted by Gasteiger charge is -2.26. The minimum Gasteiger partial charge on any atom is -0.381 e. The Morgan fingerprint density at radius 3 is 2.95 bits per heavy atom. The fourth-order valence-electron chi connectivity index (χ4n) is 2.55. The van der Waals surface area contributed by atoms with E-state index in [1.54, 1.807) is 24.3 Å². The van der Waals surface area contributed by atoms with E-state index >= 15 is 0 Å². The van der Waals surface area contributed by atoms with Gasteiger partial charge in [-0.05, 0) is 44.0 Å². The summed E-state index contributed by atoms with van der Waals surface area (Å²) in [6.45, 7) is 2.92. The molecule has 1 aromatic carbocycles. The molecule has 1 fully saturated rings. The molecule has 1 aliphatic rings. The molecule has 0 saturated carbocycles. The van der Waals surface area contributed by atoms with Gasteiger partial charge in [-0.2, -0.15) is 5.26 Å². The van der Waals surface area contributed by atoms with Crippen molar-refractivity contribution in [3.63, 3.8) is 0 Å². The predicted octanol–water partition coefficient (Wildman–Crippen LogP) is 1.86. The fourth-order valence-corrected chi connectivity index (χ4v) is 2.55. The Labute approximate surface area is 125 Å². The molecular weight excluding hydrogens is 266 g/mol.